The van der Waals surface area contributed by atoms with Crippen LogP contribution in [0.5, 0.6) is 0 Å². The first-order valence-corrected chi connectivity index (χ1v) is 6.70. The fourth-order valence-corrected chi connectivity index (χ4v) is 2.16. The van der Waals surface area contributed by atoms with Crippen molar-refractivity contribution in [3.63, 3.8) is 0 Å². The van der Waals surface area contributed by atoms with E-state index in [9.17, 15) is 4.79 Å². The van der Waals surface area contributed by atoms with Crippen LogP contribution in [0.1, 0.15) is 15.9 Å². The van der Waals surface area contributed by atoms with E-state index in [2.05, 4.69) is 10.3 Å². The van der Waals surface area contributed by atoms with E-state index in [1.54, 1.807) is 12.1 Å². The van der Waals surface area contributed by atoms with Crippen LogP contribution in [0.3, 0.4) is 0 Å². The number of nitrogens with one attached hydrogen (secondary N) is 1. The number of nitrogen functional groups attached to an aromatic ring is 1. The fourth-order valence-electron chi connectivity index (χ4n) is 1.57. The number of amides is 1. The maximum absolute atomic E-state index is 12.2. The molecule has 1 heterocycles. The summed E-state index contributed by atoms with van der Waals surface area (Å²) in [6.07, 6.45) is 1.32. The third-order valence-electron chi connectivity index (χ3n) is 2.64. The lowest BCUT2D eigenvalue weighted by Gasteiger charge is -2.10. The average molecular weight is 331 g/mol. The average Bonchev–Trinajstić information content (AvgIpc) is 2.38. The van der Waals surface area contributed by atoms with Crippen LogP contribution in [-0.2, 0) is 0 Å². The van der Waals surface area contributed by atoms with Crippen molar-refractivity contribution in [1.82, 2.24) is 4.98 Å². The lowest BCUT2D eigenvalue weighted by Crippen LogP contribution is -2.14. The summed E-state index contributed by atoms with van der Waals surface area (Å²) >= 11 is 17.8. The second-order valence-electron chi connectivity index (χ2n) is 4.13. The van der Waals surface area contributed by atoms with Gasteiger partial charge in [0.05, 0.1) is 28.2 Å². The molecule has 0 aliphatic heterocycles. The number of nitrogens with zero attached hydrogens (tertiary/aromatic N) is 1. The van der Waals surface area contributed by atoms with Gasteiger partial charge < -0.3 is 11.1 Å². The number of anilines is 2. The van der Waals surface area contributed by atoms with Crippen LogP contribution in [0.4, 0.5) is 11.4 Å². The maximum atomic E-state index is 12.2. The number of nitrogens with two attached hydrogens (primary N) is 1. The molecule has 104 valence electrons. The van der Waals surface area contributed by atoms with Gasteiger partial charge in [-0.1, -0.05) is 34.8 Å². The number of aromatic nitrogens is 1. The van der Waals surface area contributed by atoms with Crippen molar-refractivity contribution >= 4 is 52.1 Å². The number of carbonyl (C=O) groups excluding carboxylic acids is 1. The Kier molecular flexibility index (Phi) is 4.38. The third kappa shape index (κ3) is 3.15. The summed E-state index contributed by atoms with van der Waals surface area (Å²) in [5.74, 6) is -0.436. The number of pyridine rings is 1. The number of aryl methyl sites for hydroxylation is 1. The number of rotatable bonds is 2. The summed E-state index contributed by atoms with van der Waals surface area (Å²) in [7, 11) is 0. The zero-order chi connectivity index (χ0) is 14.9. The Labute approximate surface area is 130 Å². The van der Waals surface area contributed by atoms with E-state index in [0.29, 0.717) is 15.7 Å². The number of halogens is 3. The molecule has 0 unspecified atom stereocenters. The Morgan fingerprint density at radius 2 is 1.90 bits per heavy atom. The first kappa shape index (κ1) is 14.9. The van der Waals surface area contributed by atoms with Gasteiger partial charge in [-0.15, -0.1) is 0 Å². The molecular weight excluding hydrogens is 321 g/mol. The van der Waals surface area contributed by atoms with Crippen LogP contribution < -0.4 is 11.1 Å². The zero-order valence-corrected chi connectivity index (χ0v) is 12.6. The minimum absolute atomic E-state index is 0.178. The topological polar surface area (TPSA) is 68.0 Å². The van der Waals surface area contributed by atoms with Crippen LogP contribution in [0.15, 0.2) is 24.4 Å². The quantitative estimate of drug-likeness (QED) is 0.811. The lowest BCUT2D eigenvalue weighted by molar-refractivity contribution is 0.102. The van der Waals surface area contributed by atoms with Gasteiger partial charge in [-0.25, -0.2) is 4.98 Å². The van der Waals surface area contributed by atoms with Gasteiger partial charge in [-0.3, -0.25) is 4.79 Å². The van der Waals surface area contributed by atoms with Gasteiger partial charge in [-0.2, -0.15) is 0 Å². The lowest BCUT2D eigenvalue weighted by atomic mass is 10.2. The SMILES string of the molecule is Cc1cc(Cl)c(NC(=O)c2cc(Cl)ncc2N)cc1Cl. The molecule has 1 aromatic heterocycles. The Hall–Kier alpha value is -1.49. The highest BCUT2D eigenvalue weighted by Crippen LogP contribution is 2.29. The minimum Gasteiger partial charge on any atom is -0.397 e. The fraction of sp³-hybridized carbons (Fsp3) is 0.0769. The van der Waals surface area contributed by atoms with Gasteiger partial charge in [-0.05, 0) is 30.7 Å². The molecule has 0 aliphatic carbocycles. The van der Waals surface area contributed by atoms with Crippen LogP contribution in [0, 0.1) is 6.92 Å². The van der Waals surface area contributed by atoms with Crippen molar-refractivity contribution in [3.8, 4) is 0 Å². The van der Waals surface area contributed by atoms with E-state index < -0.39 is 5.91 Å². The van der Waals surface area contributed by atoms with Crippen LogP contribution in [0.25, 0.3) is 0 Å². The van der Waals surface area contributed by atoms with E-state index in [-0.39, 0.29) is 16.4 Å². The van der Waals surface area contributed by atoms with E-state index in [4.69, 9.17) is 40.5 Å². The van der Waals surface area contributed by atoms with Gasteiger partial charge in [0.15, 0.2) is 0 Å². The summed E-state index contributed by atoms with van der Waals surface area (Å²) in [6, 6.07) is 4.63. The molecule has 7 heteroatoms. The summed E-state index contributed by atoms with van der Waals surface area (Å²) in [6.45, 7) is 1.82. The molecule has 0 radical (unpaired) electrons. The predicted octanol–water partition coefficient (Wildman–Crippen LogP) is 4.18. The van der Waals surface area contributed by atoms with Gasteiger partial charge in [0.1, 0.15) is 5.15 Å². The molecule has 2 rings (SSSR count). The molecule has 1 aromatic carbocycles. The molecule has 0 fully saturated rings. The second kappa shape index (κ2) is 5.87. The molecule has 0 bridgehead atoms. The van der Waals surface area contributed by atoms with Gasteiger partial charge >= 0.3 is 0 Å². The van der Waals surface area contributed by atoms with E-state index >= 15 is 0 Å². The normalized spacial score (nSPS) is 10.4. The zero-order valence-electron chi connectivity index (χ0n) is 10.4. The van der Waals surface area contributed by atoms with Crippen LogP contribution >= 0.6 is 34.8 Å². The molecule has 4 nitrogen and oxygen atoms in total. The summed E-state index contributed by atoms with van der Waals surface area (Å²) in [4.78, 5) is 15.9. The Morgan fingerprint density at radius 1 is 1.20 bits per heavy atom. The van der Waals surface area contributed by atoms with Crippen molar-refractivity contribution in [2.45, 2.75) is 6.92 Å². The Bertz CT molecular complexity index is 689. The highest BCUT2D eigenvalue weighted by atomic mass is 35.5. The number of carbonyl (C=O) groups is 1. The smallest absolute Gasteiger partial charge is 0.257 e. The van der Waals surface area contributed by atoms with Gasteiger partial charge in [0.2, 0.25) is 0 Å². The maximum Gasteiger partial charge on any atom is 0.257 e. The largest absolute Gasteiger partial charge is 0.397 e. The van der Waals surface area contributed by atoms with Crippen molar-refractivity contribution in [3.05, 3.63) is 50.7 Å². The van der Waals surface area contributed by atoms with Crippen LogP contribution in [0.2, 0.25) is 15.2 Å². The van der Waals surface area contributed by atoms with Crippen molar-refractivity contribution in [2.24, 2.45) is 0 Å². The molecule has 0 spiro atoms. The van der Waals surface area contributed by atoms with Crippen molar-refractivity contribution < 1.29 is 4.79 Å². The molecule has 2 aromatic rings. The predicted molar refractivity (Wildman–Crippen MR) is 82.8 cm³/mol. The molecule has 0 atom stereocenters. The Balaban J connectivity index is 2.32. The first-order valence-electron chi connectivity index (χ1n) is 5.56. The number of hydrogen-bond acceptors (Lipinski definition) is 3. The summed E-state index contributed by atoms with van der Waals surface area (Å²) in [5.41, 5.74) is 7.36. The highest BCUT2D eigenvalue weighted by Gasteiger charge is 2.14. The third-order valence-corrected chi connectivity index (χ3v) is 3.57. The molecule has 20 heavy (non-hydrogen) atoms. The van der Waals surface area contributed by atoms with E-state index in [1.807, 2.05) is 6.92 Å². The molecule has 0 aliphatic rings. The summed E-state index contributed by atoms with van der Waals surface area (Å²) in [5, 5.41) is 3.71. The molecule has 0 saturated carbocycles. The molecule has 1 amide bonds. The van der Waals surface area contributed by atoms with Crippen molar-refractivity contribution in [2.75, 3.05) is 11.1 Å². The monoisotopic (exact) mass is 329 g/mol. The highest BCUT2D eigenvalue weighted by molar-refractivity contribution is 6.36. The van der Waals surface area contributed by atoms with Gasteiger partial charge in [0.25, 0.3) is 5.91 Å². The number of hydrogen-bond donors (Lipinski definition) is 2. The Morgan fingerprint density at radius 3 is 2.60 bits per heavy atom. The number of benzene rings is 1. The van der Waals surface area contributed by atoms with E-state index in [1.165, 1.54) is 12.3 Å². The van der Waals surface area contributed by atoms with Crippen LogP contribution in [-0.4, -0.2) is 10.9 Å². The molecule has 0 saturated heterocycles. The van der Waals surface area contributed by atoms with E-state index in [0.717, 1.165) is 5.56 Å². The first-order chi connectivity index (χ1) is 9.38. The van der Waals surface area contributed by atoms with Gasteiger partial charge in [0, 0.05) is 5.02 Å². The standard InChI is InChI=1S/C13H10Cl3N3O/c1-6-2-9(15)11(4-8(6)14)19-13(20)7-3-12(16)18-5-10(7)17/h2-5H,17H2,1H3,(H,19,20). The molecule has 3 N–H and O–H groups in total. The van der Waals surface area contributed by atoms with Crippen molar-refractivity contribution in [1.29, 1.82) is 0 Å². The summed E-state index contributed by atoms with van der Waals surface area (Å²) < 4.78 is 0. The second-order valence-corrected chi connectivity index (χ2v) is 5.33. The molecular formula is C13H10Cl3N3O. The minimum atomic E-state index is -0.436.